The van der Waals surface area contributed by atoms with Gasteiger partial charge in [-0.15, -0.1) is 11.8 Å². The Bertz CT molecular complexity index is 652. The van der Waals surface area contributed by atoms with E-state index in [2.05, 4.69) is 4.98 Å². The summed E-state index contributed by atoms with van der Waals surface area (Å²) in [6.45, 7) is 0.0152. The zero-order chi connectivity index (χ0) is 13.8. The summed E-state index contributed by atoms with van der Waals surface area (Å²) in [5.41, 5.74) is 0.410. The van der Waals surface area contributed by atoms with Gasteiger partial charge in [-0.2, -0.15) is 0 Å². The SMILES string of the molecule is CSc1ccc(C(=O)Cn2cncc(I)c2=O)cc1. The van der Waals surface area contributed by atoms with Gasteiger partial charge in [0.1, 0.15) is 0 Å². The molecule has 0 N–H and O–H groups in total. The minimum absolute atomic E-state index is 0.0152. The van der Waals surface area contributed by atoms with E-state index in [1.54, 1.807) is 23.9 Å². The van der Waals surface area contributed by atoms with Crippen molar-refractivity contribution in [1.82, 2.24) is 9.55 Å². The summed E-state index contributed by atoms with van der Waals surface area (Å²) in [4.78, 5) is 28.9. The first-order chi connectivity index (χ1) is 9.11. The first-order valence-corrected chi connectivity index (χ1v) is 7.79. The number of hydrogen-bond donors (Lipinski definition) is 0. The lowest BCUT2D eigenvalue weighted by molar-refractivity contribution is 0.0970. The van der Waals surface area contributed by atoms with E-state index in [1.165, 1.54) is 17.1 Å². The highest BCUT2D eigenvalue weighted by Crippen LogP contribution is 2.15. The fourth-order valence-corrected chi connectivity index (χ4v) is 2.44. The van der Waals surface area contributed by atoms with E-state index < -0.39 is 0 Å². The summed E-state index contributed by atoms with van der Waals surface area (Å²) in [7, 11) is 0. The highest BCUT2D eigenvalue weighted by atomic mass is 127. The molecule has 2 rings (SSSR count). The molecule has 2 aromatic rings. The van der Waals surface area contributed by atoms with Gasteiger partial charge >= 0.3 is 0 Å². The summed E-state index contributed by atoms with van der Waals surface area (Å²) in [6.07, 6.45) is 4.85. The molecule has 0 bridgehead atoms. The van der Waals surface area contributed by atoms with Crippen molar-refractivity contribution >= 4 is 40.1 Å². The Kier molecular flexibility index (Phi) is 4.76. The average Bonchev–Trinajstić information content (AvgIpc) is 2.44. The fraction of sp³-hybridized carbons (Fsp3) is 0.154. The zero-order valence-electron chi connectivity index (χ0n) is 10.2. The van der Waals surface area contributed by atoms with Crippen molar-refractivity contribution < 1.29 is 4.79 Å². The first-order valence-electron chi connectivity index (χ1n) is 5.49. The topological polar surface area (TPSA) is 52.0 Å². The molecule has 0 aliphatic carbocycles. The standard InChI is InChI=1S/C13H11IN2O2S/c1-19-10-4-2-9(3-5-10)12(17)7-16-8-15-6-11(14)13(16)18/h2-6,8H,7H2,1H3. The smallest absolute Gasteiger partial charge is 0.267 e. The Morgan fingerprint density at radius 1 is 1.37 bits per heavy atom. The lowest BCUT2D eigenvalue weighted by atomic mass is 10.1. The van der Waals surface area contributed by atoms with Gasteiger partial charge in [-0.3, -0.25) is 14.2 Å². The number of carbonyl (C=O) groups is 1. The van der Waals surface area contributed by atoms with Crippen LogP contribution in [0, 0.1) is 3.57 Å². The molecule has 0 atom stereocenters. The third-order valence-corrected chi connectivity index (χ3v) is 4.07. The molecule has 0 fully saturated rings. The molecule has 1 aromatic carbocycles. The quantitative estimate of drug-likeness (QED) is 0.460. The summed E-state index contributed by atoms with van der Waals surface area (Å²) in [5.74, 6) is -0.0986. The van der Waals surface area contributed by atoms with Crippen LogP contribution in [0.5, 0.6) is 0 Å². The molecule has 98 valence electrons. The van der Waals surface area contributed by atoms with Crippen LogP contribution in [0.1, 0.15) is 10.4 Å². The lowest BCUT2D eigenvalue weighted by Gasteiger charge is -2.05. The minimum atomic E-state index is -0.190. The van der Waals surface area contributed by atoms with E-state index in [-0.39, 0.29) is 17.9 Å². The van der Waals surface area contributed by atoms with E-state index in [0.717, 1.165) is 4.90 Å². The van der Waals surface area contributed by atoms with Crippen LogP contribution < -0.4 is 5.56 Å². The lowest BCUT2D eigenvalue weighted by Crippen LogP contribution is -2.26. The number of ketones is 1. The number of thioether (sulfide) groups is 1. The van der Waals surface area contributed by atoms with Gasteiger partial charge < -0.3 is 0 Å². The number of hydrogen-bond acceptors (Lipinski definition) is 4. The van der Waals surface area contributed by atoms with E-state index in [9.17, 15) is 9.59 Å². The third-order valence-electron chi connectivity index (χ3n) is 2.59. The van der Waals surface area contributed by atoms with Gasteiger partial charge in [-0.1, -0.05) is 12.1 Å². The Morgan fingerprint density at radius 3 is 2.68 bits per heavy atom. The van der Waals surface area contributed by atoms with E-state index in [1.807, 2.05) is 41.0 Å². The number of carbonyl (C=O) groups excluding carboxylic acids is 1. The Hall–Kier alpha value is -1.15. The molecule has 1 heterocycles. The normalized spacial score (nSPS) is 10.4. The molecule has 19 heavy (non-hydrogen) atoms. The number of halogens is 1. The first kappa shape index (κ1) is 14.3. The van der Waals surface area contributed by atoms with Gasteiger partial charge in [0, 0.05) is 16.7 Å². The number of nitrogens with zero attached hydrogens (tertiary/aromatic N) is 2. The molecule has 0 aliphatic rings. The van der Waals surface area contributed by atoms with Gasteiger partial charge in [0.05, 0.1) is 16.4 Å². The molecule has 6 heteroatoms. The monoisotopic (exact) mass is 386 g/mol. The van der Waals surface area contributed by atoms with E-state index >= 15 is 0 Å². The molecule has 0 unspecified atom stereocenters. The van der Waals surface area contributed by atoms with Gasteiger partial charge in [0.15, 0.2) is 5.78 Å². The van der Waals surface area contributed by atoms with Gasteiger partial charge in [0.2, 0.25) is 0 Å². The molecule has 0 radical (unpaired) electrons. The second-order valence-corrected chi connectivity index (χ2v) is 5.87. The maximum atomic E-state index is 12.1. The predicted molar refractivity (Wildman–Crippen MR) is 83.8 cm³/mol. The van der Waals surface area contributed by atoms with Crippen LogP contribution in [0.3, 0.4) is 0 Å². The van der Waals surface area contributed by atoms with E-state index in [4.69, 9.17) is 0 Å². The number of aromatic nitrogens is 2. The molecule has 4 nitrogen and oxygen atoms in total. The number of Topliss-reactive ketones (excluding diaryl/α,β-unsaturated/α-hetero) is 1. The molecule has 0 amide bonds. The largest absolute Gasteiger partial charge is 0.292 e. The molecule has 0 saturated heterocycles. The van der Waals surface area contributed by atoms with Crippen molar-refractivity contribution in [2.45, 2.75) is 11.4 Å². The van der Waals surface area contributed by atoms with Crippen LogP contribution >= 0.6 is 34.4 Å². The van der Waals surface area contributed by atoms with E-state index in [0.29, 0.717) is 9.13 Å². The van der Waals surface area contributed by atoms with Crippen molar-refractivity contribution in [2.75, 3.05) is 6.26 Å². The fourth-order valence-electron chi connectivity index (χ4n) is 1.56. The molecular formula is C13H11IN2O2S. The van der Waals surface area contributed by atoms with Crippen LogP contribution in [-0.2, 0) is 6.54 Å². The zero-order valence-corrected chi connectivity index (χ0v) is 13.1. The van der Waals surface area contributed by atoms with Crippen molar-refractivity contribution in [2.24, 2.45) is 0 Å². The second kappa shape index (κ2) is 6.33. The van der Waals surface area contributed by atoms with Gasteiger partial charge in [-0.05, 0) is 41.0 Å². The van der Waals surface area contributed by atoms with Gasteiger partial charge in [-0.25, -0.2) is 4.98 Å². The molecule has 1 aromatic heterocycles. The maximum Gasteiger partial charge on any atom is 0.267 e. The maximum absolute atomic E-state index is 12.1. The predicted octanol–water partition coefficient (Wildman–Crippen LogP) is 2.45. The van der Waals surface area contributed by atoms with Crippen LogP contribution in [0.4, 0.5) is 0 Å². The summed E-state index contributed by atoms with van der Waals surface area (Å²) in [5, 5.41) is 0. The molecule has 0 spiro atoms. The van der Waals surface area contributed by atoms with Crippen molar-refractivity contribution in [3.05, 3.63) is 56.3 Å². The Morgan fingerprint density at radius 2 is 2.05 bits per heavy atom. The van der Waals surface area contributed by atoms with Crippen molar-refractivity contribution in [3.63, 3.8) is 0 Å². The van der Waals surface area contributed by atoms with Crippen LogP contribution in [-0.4, -0.2) is 21.6 Å². The summed E-state index contributed by atoms with van der Waals surface area (Å²) >= 11 is 3.53. The highest BCUT2D eigenvalue weighted by molar-refractivity contribution is 14.1. The summed E-state index contributed by atoms with van der Waals surface area (Å²) < 4.78 is 1.83. The Labute approximate surface area is 128 Å². The molecule has 0 aliphatic heterocycles. The minimum Gasteiger partial charge on any atom is -0.292 e. The Balaban J connectivity index is 2.20. The van der Waals surface area contributed by atoms with Gasteiger partial charge in [0.25, 0.3) is 5.56 Å². The van der Waals surface area contributed by atoms with Crippen molar-refractivity contribution in [1.29, 1.82) is 0 Å². The van der Waals surface area contributed by atoms with Crippen LogP contribution in [0.15, 0.2) is 46.5 Å². The second-order valence-electron chi connectivity index (χ2n) is 3.83. The third kappa shape index (κ3) is 3.44. The highest BCUT2D eigenvalue weighted by Gasteiger charge is 2.09. The van der Waals surface area contributed by atoms with Crippen LogP contribution in [0.25, 0.3) is 0 Å². The van der Waals surface area contributed by atoms with Crippen molar-refractivity contribution in [3.8, 4) is 0 Å². The molecular weight excluding hydrogens is 375 g/mol. The summed E-state index contributed by atoms with van der Waals surface area (Å²) in [6, 6.07) is 7.35. The van der Waals surface area contributed by atoms with Crippen LogP contribution in [0.2, 0.25) is 0 Å². The molecule has 0 saturated carbocycles. The number of benzene rings is 1. The average molecular weight is 386 g/mol. The number of rotatable bonds is 4.